The van der Waals surface area contributed by atoms with Gasteiger partial charge in [0.2, 0.25) is 5.56 Å². The van der Waals surface area contributed by atoms with E-state index < -0.39 is 0 Å². The molecule has 0 fully saturated rings. The minimum absolute atomic E-state index is 0.192. The van der Waals surface area contributed by atoms with Crippen molar-refractivity contribution in [1.82, 2.24) is 4.98 Å². The summed E-state index contributed by atoms with van der Waals surface area (Å²) in [5.41, 5.74) is 7.04. The first kappa shape index (κ1) is 9.24. The summed E-state index contributed by atoms with van der Waals surface area (Å²) in [6.07, 6.45) is 0. The number of rotatable bonds is 1. The van der Waals surface area contributed by atoms with Crippen LogP contribution in [0.1, 0.15) is 5.56 Å². The van der Waals surface area contributed by atoms with Gasteiger partial charge >= 0.3 is 0 Å². The van der Waals surface area contributed by atoms with Crippen LogP contribution < -0.4 is 11.3 Å². The van der Waals surface area contributed by atoms with Gasteiger partial charge in [-0.05, 0) is 17.7 Å². The molecule has 2 rings (SSSR count). The quantitative estimate of drug-likeness (QED) is 0.749. The van der Waals surface area contributed by atoms with E-state index in [0.717, 1.165) is 16.5 Å². The van der Waals surface area contributed by atoms with Crippen LogP contribution >= 0.6 is 11.6 Å². The molecule has 0 unspecified atom stereocenters. The topological polar surface area (TPSA) is 58.9 Å². The molecule has 0 aliphatic rings. The van der Waals surface area contributed by atoms with Crippen molar-refractivity contribution in [2.45, 2.75) is 6.54 Å². The number of nitrogens with two attached hydrogens (primary N) is 1. The minimum atomic E-state index is -0.192. The fraction of sp³-hybridized carbons (Fsp3) is 0.100. The molecule has 0 aliphatic carbocycles. The Labute approximate surface area is 85.5 Å². The summed E-state index contributed by atoms with van der Waals surface area (Å²) in [5, 5.41) is 1.29. The highest BCUT2D eigenvalue weighted by atomic mass is 35.5. The van der Waals surface area contributed by atoms with Gasteiger partial charge in [0.15, 0.2) is 0 Å². The van der Waals surface area contributed by atoms with E-state index in [1.165, 1.54) is 6.07 Å². The van der Waals surface area contributed by atoms with E-state index in [9.17, 15) is 4.79 Å². The molecule has 4 heteroatoms. The third-order valence-corrected chi connectivity index (χ3v) is 2.41. The van der Waals surface area contributed by atoms with Gasteiger partial charge in [-0.15, -0.1) is 0 Å². The van der Waals surface area contributed by atoms with Crippen LogP contribution in [0.25, 0.3) is 10.9 Å². The van der Waals surface area contributed by atoms with Gasteiger partial charge in [-0.1, -0.05) is 17.7 Å². The number of benzene rings is 1. The highest BCUT2D eigenvalue weighted by Gasteiger charge is 2.01. The second-order valence-electron chi connectivity index (χ2n) is 3.07. The fourth-order valence-corrected chi connectivity index (χ4v) is 1.64. The molecular weight excluding hydrogens is 200 g/mol. The van der Waals surface area contributed by atoms with E-state index in [1.54, 1.807) is 0 Å². The van der Waals surface area contributed by atoms with E-state index in [-0.39, 0.29) is 5.56 Å². The first-order chi connectivity index (χ1) is 6.70. The zero-order valence-corrected chi connectivity index (χ0v) is 8.14. The summed E-state index contributed by atoms with van der Waals surface area (Å²) in [5.74, 6) is 0. The molecule has 2 aromatic rings. The van der Waals surface area contributed by atoms with E-state index in [0.29, 0.717) is 11.6 Å². The van der Waals surface area contributed by atoms with Crippen molar-refractivity contribution >= 4 is 22.5 Å². The van der Waals surface area contributed by atoms with E-state index in [1.807, 2.05) is 18.2 Å². The number of aromatic nitrogens is 1. The zero-order valence-electron chi connectivity index (χ0n) is 7.38. The zero-order chi connectivity index (χ0) is 10.1. The highest BCUT2D eigenvalue weighted by Crippen LogP contribution is 2.20. The van der Waals surface area contributed by atoms with Crippen LogP contribution in [0.2, 0.25) is 5.02 Å². The van der Waals surface area contributed by atoms with Crippen molar-refractivity contribution in [2.24, 2.45) is 5.73 Å². The lowest BCUT2D eigenvalue weighted by molar-refractivity contribution is 1.07. The predicted molar refractivity (Wildman–Crippen MR) is 57.5 cm³/mol. The molecule has 1 heterocycles. The summed E-state index contributed by atoms with van der Waals surface area (Å²) in [7, 11) is 0. The summed E-state index contributed by atoms with van der Waals surface area (Å²) in [6, 6.07) is 6.93. The lowest BCUT2D eigenvalue weighted by atomic mass is 10.1. The summed E-state index contributed by atoms with van der Waals surface area (Å²) in [4.78, 5) is 13.8. The van der Waals surface area contributed by atoms with Crippen LogP contribution in [-0.2, 0) is 6.54 Å². The van der Waals surface area contributed by atoms with Crippen molar-refractivity contribution in [1.29, 1.82) is 0 Å². The summed E-state index contributed by atoms with van der Waals surface area (Å²) >= 11 is 5.93. The number of nitrogens with one attached hydrogen (secondary N) is 1. The Hall–Kier alpha value is -1.32. The number of aromatic amines is 1. The Balaban J connectivity index is 2.82. The van der Waals surface area contributed by atoms with Crippen LogP contribution in [0.5, 0.6) is 0 Å². The average Bonchev–Trinajstić information content (AvgIpc) is 2.17. The van der Waals surface area contributed by atoms with E-state index >= 15 is 0 Å². The van der Waals surface area contributed by atoms with E-state index in [4.69, 9.17) is 17.3 Å². The van der Waals surface area contributed by atoms with Crippen LogP contribution in [0.4, 0.5) is 0 Å². The van der Waals surface area contributed by atoms with Crippen LogP contribution in [0.15, 0.2) is 29.1 Å². The molecule has 0 radical (unpaired) electrons. The standard InChI is InChI=1S/C10H9ClN2O/c11-8-4-10(14)13-9-2-1-6(5-12)3-7(8)9/h1-4H,5,12H2,(H,13,14). The largest absolute Gasteiger partial charge is 0.326 e. The molecule has 0 aliphatic heterocycles. The Morgan fingerprint density at radius 3 is 2.86 bits per heavy atom. The number of fused-ring (bicyclic) bond motifs is 1. The predicted octanol–water partition coefficient (Wildman–Crippen LogP) is 1.64. The molecule has 14 heavy (non-hydrogen) atoms. The third kappa shape index (κ3) is 1.52. The van der Waals surface area contributed by atoms with Crippen LogP contribution in [-0.4, -0.2) is 4.98 Å². The average molecular weight is 209 g/mol. The van der Waals surface area contributed by atoms with Gasteiger partial charge in [0.1, 0.15) is 0 Å². The minimum Gasteiger partial charge on any atom is -0.326 e. The Morgan fingerprint density at radius 1 is 1.36 bits per heavy atom. The maximum Gasteiger partial charge on any atom is 0.249 e. The van der Waals surface area contributed by atoms with Crippen molar-refractivity contribution in [3.8, 4) is 0 Å². The van der Waals surface area contributed by atoms with Crippen molar-refractivity contribution in [3.63, 3.8) is 0 Å². The molecule has 1 aromatic heterocycles. The van der Waals surface area contributed by atoms with Gasteiger partial charge in [-0.2, -0.15) is 0 Å². The van der Waals surface area contributed by atoms with Gasteiger partial charge in [0.25, 0.3) is 0 Å². The summed E-state index contributed by atoms with van der Waals surface area (Å²) < 4.78 is 0. The number of halogens is 1. The Bertz CT molecular complexity index is 533. The maximum atomic E-state index is 11.1. The summed E-state index contributed by atoms with van der Waals surface area (Å²) in [6.45, 7) is 0.464. The molecule has 0 spiro atoms. The second-order valence-corrected chi connectivity index (χ2v) is 3.47. The van der Waals surface area contributed by atoms with Crippen LogP contribution in [0, 0.1) is 0 Å². The van der Waals surface area contributed by atoms with Gasteiger partial charge in [0, 0.05) is 23.5 Å². The smallest absolute Gasteiger partial charge is 0.249 e. The van der Waals surface area contributed by atoms with Gasteiger partial charge < -0.3 is 10.7 Å². The fourth-order valence-electron chi connectivity index (χ4n) is 1.39. The van der Waals surface area contributed by atoms with Crippen molar-refractivity contribution < 1.29 is 0 Å². The highest BCUT2D eigenvalue weighted by molar-refractivity contribution is 6.35. The van der Waals surface area contributed by atoms with E-state index in [2.05, 4.69) is 4.98 Å². The number of H-pyrrole nitrogens is 1. The maximum absolute atomic E-state index is 11.1. The van der Waals surface area contributed by atoms with Crippen molar-refractivity contribution in [3.05, 3.63) is 45.2 Å². The van der Waals surface area contributed by atoms with Crippen molar-refractivity contribution in [2.75, 3.05) is 0 Å². The lowest BCUT2D eigenvalue weighted by Crippen LogP contribution is -2.04. The van der Waals surface area contributed by atoms with Gasteiger partial charge in [0.05, 0.1) is 5.02 Å². The number of pyridine rings is 1. The molecule has 0 bridgehead atoms. The molecule has 3 N–H and O–H groups in total. The SMILES string of the molecule is NCc1ccc2[nH]c(=O)cc(Cl)c2c1. The molecule has 3 nitrogen and oxygen atoms in total. The van der Waals surface area contributed by atoms with Crippen LogP contribution in [0.3, 0.4) is 0 Å². The number of hydrogen-bond donors (Lipinski definition) is 2. The second kappa shape index (κ2) is 3.44. The molecule has 0 saturated carbocycles. The Kier molecular flexibility index (Phi) is 2.27. The monoisotopic (exact) mass is 208 g/mol. The molecule has 72 valence electrons. The van der Waals surface area contributed by atoms with Gasteiger partial charge in [-0.25, -0.2) is 0 Å². The molecule has 0 atom stereocenters. The molecule has 0 saturated heterocycles. The molecule has 0 amide bonds. The first-order valence-corrected chi connectivity index (χ1v) is 4.60. The third-order valence-electron chi connectivity index (χ3n) is 2.09. The molecule has 1 aromatic carbocycles. The Morgan fingerprint density at radius 2 is 2.14 bits per heavy atom. The lowest BCUT2D eigenvalue weighted by Gasteiger charge is -2.02. The number of hydrogen-bond acceptors (Lipinski definition) is 2. The molecular formula is C10H9ClN2O. The van der Waals surface area contributed by atoms with Gasteiger partial charge in [-0.3, -0.25) is 4.79 Å². The first-order valence-electron chi connectivity index (χ1n) is 4.22. The normalized spacial score (nSPS) is 10.7.